The molecule has 0 heterocycles. The number of amides is 1. The SMILES string of the molecule is CC(=O)N[C@H](C(=O)C(C1CCCCC1)C(N)C(O)C(O)C(C(=O)c1ccc2c(c1)[C@@H](Oc1cccc3ccccc13)[C@H](O)[C@H]2N)C(C)C)[C@@H](C)OP(=O)(O)O. The number of carbonyl (C=O) groups excluding carboxylic acids is 3. The molecule has 14 nitrogen and oxygen atoms in total. The number of carbonyl (C=O) groups is 3. The van der Waals surface area contributed by atoms with Gasteiger partial charge in [0.15, 0.2) is 17.7 Å². The van der Waals surface area contributed by atoms with E-state index in [0.29, 0.717) is 29.7 Å². The van der Waals surface area contributed by atoms with Gasteiger partial charge in [-0.2, -0.15) is 0 Å². The average molecular weight is 784 g/mol. The first-order valence-corrected chi connectivity index (χ1v) is 20.4. The fraction of sp³-hybridized carbons (Fsp3) is 0.525. The number of phosphoric ester groups is 1. The number of benzene rings is 3. The highest BCUT2D eigenvalue weighted by atomic mass is 31.2. The number of rotatable bonds is 16. The summed E-state index contributed by atoms with van der Waals surface area (Å²) < 4.78 is 22.9. The van der Waals surface area contributed by atoms with E-state index in [0.717, 1.165) is 37.0 Å². The third-order valence-corrected chi connectivity index (χ3v) is 11.8. The Bertz CT molecular complexity index is 1890. The third-order valence-electron chi connectivity index (χ3n) is 11.2. The quantitative estimate of drug-likeness (QED) is 0.0765. The van der Waals surface area contributed by atoms with Crippen LogP contribution >= 0.6 is 7.82 Å². The van der Waals surface area contributed by atoms with E-state index in [2.05, 4.69) is 5.32 Å². The van der Waals surface area contributed by atoms with Crippen molar-refractivity contribution >= 4 is 36.1 Å². The first-order chi connectivity index (χ1) is 25.9. The van der Waals surface area contributed by atoms with Crippen LogP contribution in [-0.4, -0.2) is 79.1 Å². The molecular weight excluding hydrogens is 729 g/mol. The lowest BCUT2D eigenvalue weighted by molar-refractivity contribution is -0.136. The Balaban J connectivity index is 1.44. The topological polar surface area (TPSA) is 252 Å². The standard InChI is InChI=1S/C40H54N3O11P/c1-20(2)30(35(45)25-17-18-27-28(19-25)40(39(49)32(27)41)53-29-16-10-14-23-11-8-9-15-26(23)29)37(47)38(48)33(42)31(24-12-6-5-7-13-24)36(46)34(43-22(4)44)21(3)54-55(50,51)52/h8-11,14-21,24,30-34,37-40,47-49H,5-7,12-13,41-42H2,1-4H3,(H,43,44)(H2,50,51,52)/t21-,30?,31?,32+,33?,34+,37?,38?,39-,40-/m1/s1. The van der Waals surface area contributed by atoms with Gasteiger partial charge in [-0.05, 0) is 54.7 Å². The molecule has 3 aromatic rings. The van der Waals surface area contributed by atoms with Crippen LogP contribution < -0.4 is 21.5 Å². The normalized spacial score (nSPS) is 22.9. The molecule has 10 atom stereocenters. The van der Waals surface area contributed by atoms with Crippen LogP contribution in [0.5, 0.6) is 5.75 Å². The van der Waals surface area contributed by atoms with Crippen LogP contribution in [0.1, 0.15) is 93.4 Å². The molecule has 1 fully saturated rings. The van der Waals surface area contributed by atoms with Crippen molar-refractivity contribution < 1.29 is 53.3 Å². The number of aliphatic hydroxyl groups excluding tert-OH is 3. The number of ether oxygens (including phenoxy) is 1. The van der Waals surface area contributed by atoms with Crippen LogP contribution in [0.4, 0.5) is 0 Å². The Kier molecular flexibility index (Phi) is 13.7. The number of fused-ring (bicyclic) bond motifs is 2. The molecule has 15 heteroatoms. The van der Waals surface area contributed by atoms with Crippen LogP contribution in [0.15, 0.2) is 60.7 Å². The molecule has 0 aliphatic heterocycles. The summed E-state index contributed by atoms with van der Waals surface area (Å²) in [4.78, 5) is 59.8. The van der Waals surface area contributed by atoms with Gasteiger partial charge in [0.2, 0.25) is 5.91 Å². The van der Waals surface area contributed by atoms with Crippen molar-refractivity contribution in [3.05, 3.63) is 77.4 Å². The number of aliphatic hydroxyl groups is 3. The number of ketones is 2. The number of hydrogen-bond donors (Lipinski definition) is 8. The molecule has 55 heavy (non-hydrogen) atoms. The van der Waals surface area contributed by atoms with Crippen molar-refractivity contribution in [1.82, 2.24) is 5.32 Å². The van der Waals surface area contributed by atoms with Crippen molar-refractivity contribution in [2.45, 2.75) is 108 Å². The van der Waals surface area contributed by atoms with Crippen LogP contribution in [0.2, 0.25) is 0 Å². The summed E-state index contributed by atoms with van der Waals surface area (Å²) in [5, 5.41) is 39.0. The second-order valence-electron chi connectivity index (χ2n) is 15.4. The van der Waals surface area contributed by atoms with Crippen molar-refractivity contribution in [3.63, 3.8) is 0 Å². The van der Waals surface area contributed by atoms with Crippen LogP contribution in [0.3, 0.4) is 0 Å². The summed E-state index contributed by atoms with van der Waals surface area (Å²) in [6.45, 7) is 5.80. The summed E-state index contributed by atoms with van der Waals surface area (Å²) in [5.41, 5.74) is 14.4. The fourth-order valence-electron chi connectivity index (χ4n) is 8.45. The second-order valence-corrected chi connectivity index (χ2v) is 16.6. The van der Waals surface area contributed by atoms with E-state index in [1.807, 2.05) is 36.4 Å². The zero-order valence-electron chi connectivity index (χ0n) is 31.5. The highest BCUT2D eigenvalue weighted by Gasteiger charge is 2.47. The van der Waals surface area contributed by atoms with Gasteiger partial charge in [0.25, 0.3) is 0 Å². The first-order valence-electron chi connectivity index (χ1n) is 18.8. The molecule has 0 saturated heterocycles. The van der Waals surface area contributed by atoms with Gasteiger partial charge in [0, 0.05) is 35.4 Å². The lowest BCUT2D eigenvalue weighted by Gasteiger charge is -2.40. The van der Waals surface area contributed by atoms with Gasteiger partial charge in [0.1, 0.15) is 17.9 Å². The monoisotopic (exact) mass is 783 g/mol. The molecule has 3 aromatic carbocycles. The van der Waals surface area contributed by atoms with Crippen LogP contribution in [0.25, 0.3) is 10.8 Å². The maximum Gasteiger partial charge on any atom is 0.469 e. The summed E-state index contributed by atoms with van der Waals surface area (Å²) in [5.74, 6) is -4.66. The van der Waals surface area contributed by atoms with E-state index in [-0.39, 0.29) is 5.56 Å². The zero-order chi connectivity index (χ0) is 40.4. The number of Topliss-reactive ketones (excluding diaryl/α,β-unsaturated/α-hetero) is 2. The number of nitrogens with one attached hydrogen (secondary N) is 1. The predicted molar refractivity (Wildman–Crippen MR) is 205 cm³/mol. The molecule has 5 rings (SSSR count). The van der Waals surface area contributed by atoms with E-state index >= 15 is 0 Å². The maximum absolute atomic E-state index is 14.4. The Labute approximate surface area is 320 Å². The fourth-order valence-corrected chi connectivity index (χ4v) is 9.01. The summed E-state index contributed by atoms with van der Waals surface area (Å²) >= 11 is 0. The zero-order valence-corrected chi connectivity index (χ0v) is 32.4. The highest BCUT2D eigenvalue weighted by molar-refractivity contribution is 7.46. The molecule has 0 radical (unpaired) electrons. The molecule has 5 unspecified atom stereocenters. The smallest absolute Gasteiger partial charge is 0.469 e. The van der Waals surface area contributed by atoms with E-state index in [1.165, 1.54) is 6.92 Å². The average Bonchev–Trinajstić information content (AvgIpc) is 3.37. The lowest BCUT2D eigenvalue weighted by atomic mass is 9.69. The number of nitrogens with two attached hydrogens (primary N) is 2. The maximum atomic E-state index is 14.4. The van der Waals surface area contributed by atoms with Gasteiger partial charge in [0.05, 0.1) is 30.3 Å². The highest BCUT2D eigenvalue weighted by Crippen LogP contribution is 2.44. The number of hydrogen-bond acceptors (Lipinski definition) is 11. The Morgan fingerprint density at radius 3 is 2.20 bits per heavy atom. The minimum Gasteiger partial charge on any atom is -0.482 e. The minimum atomic E-state index is -5.08. The van der Waals surface area contributed by atoms with Crippen molar-refractivity contribution in [2.24, 2.45) is 35.1 Å². The van der Waals surface area contributed by atoms with Gasteiger partial charge >= 0.3 is 7.82 Å². The van der Waals surface area contributed by atoms with Crippen molar-refractivity contribution in [1.29, 1.82) is 0 Å². The molecule has 2 aliphatic rings. The van der Waals surface area contributed by atoms with E-state index < -0.39 is 97.6 Å². The van der Waals surface area contributed by atoms with Crippen molar-refractivity contribution in [3.8, 4) is 5.75 Å². The van der Waals surface area contributed by atoms with Crippen molar-refractivity contribution in [2.75, 3.05) is 0 Å². The molecule has 10 N–H and O–H groups in total. The Morgan fingerprint density at radius 2 is 1.56 bits per heavy atom. The Hall–Kier alpha value is -3.56. The predicted octanol–water partition coefficient (Wildman–Crippen LogP) is 3.61. The molecule has 2 aliphatic carbocycles. The summed E-state index contributed by atoms with van der Waals surface area (Å²) in [6.07, 6.45) is -3.56. The van der Waals surface area contributed by atoms with Crippen LogP contribution in [-0.2, 0) is 18.7 Å². The number of phosphoric acid groups is 1. The third kappa shape index (κ3) is 9.53. The lowest BCUT2D eigenvalue weighted by Crippen LogP contribution is -2.60. The van der Waals surface area contributed by atoms with Crippen LogP contribution in [0, 0.1) is 23.7 Å². The molecular formula is C40H54N3O11P. The summed E-state index contributed by atoms with van der Waals surface area (Å²) in [7, 11) is -5.08. The largest absolute Gasteiger partial charge is 0.482 e. The van der Waals surface area contributed by atoms with E-state index in [1.54, 1.807) is 38.1 Å². The van der Waals surface area contributed by atoms with E-state index in [4.69, 9.17) is 20.7 Å². The van der Waals surface area contributed by atoms with Gasteiger partial charge in [-0.15, -0.1) is 0 Å². The molecule has 1 amide bonds. The molecule has 1 saturated carbocycles. The molecule has 0 aromatic heterocycles. The van der Waals surface area contributed by atoms with Gasteiger partial charge in [-0.3, -0.25) is 18.9 Å². The van der Waals surface area contributed by atoms with Gasteiger partial charge < -0.3 is 46.6 Å². The van der Waals surface area contributed by atoms with Gasteiger partial charge in [-0.1, -0.05) is 81.6 Å². The van der Waals surface area contributed by atoms with E-state index in [9.17, 15) is 44.1 Å². The molecule has 0 spiro atoms. The second kappa shape index (κ2) is 17.7. The molecule has 300 valence electrons. The first kappa shape index (κ1) is 42.6. The minimum absolute atomic E-state index is 0.180. The summed E-state index contributed by atoms with van der Waals surface area (Å²) in [6, 6.07) is 14.2. The Morgan fingerprint density at radius 1 is 0.909 bits per heavy atom. The molecule has 0 bridgehead atoms. The van der Waals surface area contributed by atoms with Gasteiger partial charge in [-0.25, -0.2) is 4.57 Å².